The highest BCUT2D eigenvalue weighted by Crippen LogP contribution is 2.26. The van der Waals surface area contributed by atoms with Gasteiger partial charge in [0.1, 0.15) is 22.8 Å². The molecule has 5 heteroatoms. The number of carbonyl (C=O) groups is 1. The van der Waals surface area contributed by atoms with Gasteiger partial charge in [0.25, 0.3) is 5.91 Å². The average molecular weight is 302 g/mol. The van der Waals surface area contributed by atoms with Crippen molar-refractivity contribution in [1.82, 2.24) is 10.5 Å². The Hall–Kier alpha value is -2.17. The number of nitrogens with one attached hydrogen (secondary N) is 1. The Bertz CT molecular complexity index is 675. The molecule has 0 unspecified atom stereocenters. The van der Waals surface area contributed by atoms with Crippen LogP contribution in [0.4, 0.5) is 4.39 Å². The third-order valence-corrected chi connectivity index (χ3v) is 4.13. The second-order valence-corrected chi connectivity index (χ2v) is 5.78. The smallest absolute Gasteiger partial charge is 0.257 e. The first-order valence-corrected chi connectivity index (χ1v) is 7.68. The number of halogens is 1. The summed E-state index contributed by atoms with van der Waals surface area (Å²) < 4.78 is 18.6. The van der Waals surface area contributed by atoms with Crippen LogP contribution >= 0.6 is 0 Å². The van der Waals surface area contributed by atoms with Crippen molar-refractivity contribution in [3.63, 3.8) is 0 Å². The van der Waals surface area contributed by atoms with E-state index >= 15 is 0 Å². The van der Waals surface area contributed by atoms with Gasteiger partial charge in [-0.05, 0) is 31.9 Å². The number of carbonyl (C=O) groups excluding carboxylic acids is 1. The Morgan fingerprint density at radius 1 is 1.32 bits per heavy atom. The molecule has 22 heavy (non-hydrogen) atoms. The van der Waals surface area contributed by atoms with Crippen molar-refractivity contribution in [2.75, 3.05) is 0 Å². The van der Waals surface area contributed by atoms with Gasteiger partial charge in [-0.15, -0.1) is 0 Å². The van der Waals surface area contributed by atoms with Crippen LogP contribution in [-0.4, -0.2) is 17.1 Å². The highest BCUT2D eigenvalue weighted by molar-refractivity contribution is 6.00. The van der Waals surface area contributed by atoms with Crippen molar-refractivity contribution in [2.45, 2.75) is 45.1 Å². The van der Waals surface area contributed by atoms with Gasteiger partial charge in [0.2, 0.25) is 0 Å². The Morgan fingerprint density at radius 3 is 2.82 bits per heavy atom. The number of nitrogens with zero attached hydrogens (tertiary/aromatic N) is 1. The second-order valence-electron chi connectivity index (χ2n) is 5.78. The number of rotatable bonds is 3. The van der Waals surface area contributed by atoms with Crippen LogP contribution in [0, 0.1) is 12.7 Å². The SMILES string of the molecule is Cc1onc(-c2cccc(F)c2)c1C(=O)NC1CCCCC1. The lowest BCUT2D eigenvalue weighted by Crippen LogP contribution is -2.36. The number of benzene rings is 1. The van der Waals surface area contributed by atoms with E-state index in [1.807, 2.05) is 0 Å². The average Bonchev–Trinajstić information content (AvgIpc) is 2.90. The molecule has 2 aromatic rings. The zero-order chi connectivity index (χ0) is 15.5. The highest BCUT2D eigenvalue weighted by atomic mass is 19.1. The zero-order valence-corrected chi connectivity index (χ0v) is 12.6. The Kier molecular flexibility index (Phi) is 4.22. The summed E-state index contributed by atoms with van der Waals surface area (Å²) in [7, 11) is 0. The van der Waals surface area contributed by atoms with Crippen LogP contribution in [0.3, 0.4) is 0 Å². The molecule has 3 rings (SSSR count). The molecule has 0 radical (unpaired) electrons. The van der Waals surface area contributed by atoms with E-state index in [9.17, 15) is 9.18 Å². The molecule has 1 aromatic carbocycles. The van der Waals surface area contributed by atoms with E-state index in [-0.39, 0.29) is 17.8 Å². The molecule has 0 atom stereocenters. The first kappa shape index (κ1) is 14.8. The van der Waals surface area contributed by atoms with E-state index < -0.39 is 0 Å². The Balaban J connectivity index is 1.87. The van der Waals surface area contributed by atoms with Crippen LogP contribution in [-0.2, 0) is 0 Å². The summed E-state index contributed by atoms with van der Waals surface area (Å²) in [5, 5.41) is 6.99. The first-order valence-electron chi connectivity index (χ1n) is 7.68. The maximum absolute atomic E-state index is 13.4. The molecule has 1 aliphatic carbocycles. The fraction of sp³-hybridized carbons (Fsp3) is 0.412. The second kappa shape index (κ2) is 6.30. The molecule has 1 fully saturated rings. The van der Waals surface area contributed by atoms with Crippen LogP contribution in [0.1, 0.15) is 48.2 Å². The largest absolute Gasteiger partial charge is 0.360 e. The lowest BCUT2D eigenvalue weighted by Gasteiger charge is -2.22. The summed E-state index contributed by atoms with van der Waals surface area (Å²) in [4.78, 5) is 12.6. The van der Waals surface area contributed by atoms with Crippen LogP contribution in [0.2, 0.25) is 0 Å². The molecule has 116 valence electrons. The van der Waals surface area contributed by atoms with Crippen molar-refractivity contribution in [3.8, 4) is 11.3 Å². The van der Waals surface area contributed by atoms with E-state index in [2.05, 4.69) is 10.5 Å². The Morgan fingerprint density at radius 2 is 2.09 bits per heavy atom. The van der Waals surface area contributed by atoms with Gasteiger partial charge < -0.3 is 9.84 Å². The molecule has 0 saturated heterocycles. The highest BCUT2D eigenvalue weighted by Gasteiger charge is 2.24. The van der Waals surface area contributed by atoms with Crippen LogP contribution in [0.5, 0.6) is 0 Å². The minimum absolute atomic E-state index is 0.190. The van der Waals surface area contributed by atoms with Gasteiger partial charge in [-0.2, -0.15) is 0 Å². The summed E-state index contributed by atoms with van der Waals surface area (Å²) in [5.41, 5.74) is 1.34. The molecular weight excluding hydrogens is 283 g/mol. The maximum atomic E-state index is 13.4. The topological polar surface area (TPSA) is 55.1 Å². The molecular formula is C17H19FN2O2. The van der Waals surface area contributed by atoms with Gasteiger partial charge in [-0.3, -0.25) is 4.79 Å². The fourth-order valence-corrected chi connectivity index (χ4v) is 2.98. The Labute approximate surface area is 128 Å². The molecule has 0 bridgehead atoms. The predicted molar refractivity (Wildman–Crippen MR) is 81.0 cm³/mol. The quantitative estimate of drug-likeness (QED) is 0.937. The first-order chi connectivity index (χ1) is 10.6. The monoisotopic (exact) mass is 302 g/mol. The lowest BCUT2D eigenvalue weighted by molar-refractivity contribution is 0.0926. The van der Waals surface area contributed by atoms with Crippen molar-refractivity contribution >= 4 is 5.91 Å². The van der Waals surface area contributed by atoms with E-state index in [0.29, 0.717) is 22.6 Å². The third kappa shape index (κ3) is 3.03. The van der Waals surface area contributed by atoms with E-state index in [0.717, 1.165) is 25.7 Å². The maximum Gasteiger partial charge on any atom is 0.257 e. The van der Waals surface area contributed by atoms with Crippen LogP contribution < -0.4 is 5.32 Å². The number of hydrogen-bond acceptors (Lipinski definition) is 3. The number of aromatic nitrogens is 1. The van der Waals surface area contributed by atoms with E-state index in [1.54, 1.807) is 19.1 Å². The van der Waals surface area contributed by atoms with Gasteiger partial charge in [0.05, 0.1) is 0 Å². The molecule has 1 heterocycles. The minimum Gasteiger partial charge on any atom is -0.360 e. The van der Waals surface area contributed by atoms with Crippen molar-refractivity contribution in [2.24, 2.45) is 0 Å². The van der Waals surface area contributed by atoms with Crippen LogP contribution in [0.25, 0.3) is 11.3 Å². The number of amides is 1. The molecule has 1 saturated carbocycles. The molecule has 0 spiro atoms. The lowest BCUT2D eigenvalue weighted by atomic mass is 9.95. The molecule has 1 amide bonds. The zero-order valence-electron chi connectivity index (χ0n) is 12.6. The van der Waals surface area contributed by atoms with Gasteiger partial charge >= 0.3 is 0 Å². The van der Waals surface area contributed by atoms with E-state index in [4.69, 9.17) is 4.52 Å². The van der Waals surface area contributed by atoms with E-state index in [1.165, 1.54) is 18.6 Å². The van der Waals surface area contributed by atoms with Gasteiger partial charge in [-0.1, -0.05) is 36.6 Å². The van der Waals surface area contributed by atoms with Gasteiger partial charge in [-0.25, -0.2) is 4.39 Å². The predicted octanol–water partition coefficient (Wildman–Crippen LogP) is 3.85. The molecule has 1 aliphatic rings. The fourth-order valence-electron chi connectivity index (χ4n) is 2.98. The summed E-state index contributed by atoms with van der Waals surface area (Å²) in [5.74, 6) is -0.103. The van der Waals surface area contributed by atoms with Crippen molar-refractivity contribution < 1.29 is 13.7 Å². The molecule has 1 N–H and O–H groups in total. The standard InChI is InChI=1S/C17H19FN2O2/c1-11-15(17(21)19-14-8-3-2-4-9-14)16(20-22-11)12-6-5-7-13(18)10-12/h5-7,10,14H,2-4,8-9H2,1H3,(H,19,21). The third-order valence-electron chi connectivity index (χ3n) is 4.13. The van der Waals surface area contributed by atoms with Crippen LogP contribution in [0.15, 0.2) is 28.8 Å². The minimum atomic E-state index is -0.364. The van der Waals surface area contributed by atoms with Gasteiger partial charge in [0.15, 0.2) is 0 Å². The van der Waals surface area contributed by atoms with Crippen molar-refractivity contribution in [3.05, 3.63) is 41.4 Å². The summed E-state index contributed by atoms with van der Waals surface area (Å²) in [6, 6.07) is 6.23. The summed E-state index contributed by atoms with van der Waals surface area (Å²) in [6.45, 7) is 1.70. The number of aryl methyl sites for hydroxylation is 1. The molecule has 0 aliphatic heterocycles. The molecule has 1 aromatic heterocycles. The van der Waals surface area contributed by atoms with Crippen molar-refractivity contribution in [1.29, 1.82) is 0 Å². The van der Waals surface area contributed by atoms with Gasteiger partial charge in [0, 0.05) is 11.6 Å². The molecule has 4 nitrogen and oxygen atoms in total. The number of hydrogen-bond donors (Lipinski definition) is 1. The normalized spacial score (nSPS) is 15.7. The summed E-state index contributed by atoms with van der Waals surface area (Å²) >= 11 is 0. The summed E-state index contributed by atoms with van der Waals surface area (Å²) in [6.07, 6.45) is 5.53.